The molecule has 100 valence electrons. The van der Waals surface area contributed by atoms with Gasteiger partial charge in [-0.25, -0.2) is 4.39 Å². The van der Waals surface area contributed by atoms with Crippen LogP contribution in [0.2, 0.25) is 0 Å². The van der Waals surface area contributed by atoms with Gasteiger partial charge in [0.25, 0.3) is 0 Å². The number of benzene rings is 1. The highest BCUT2D eigenvalue weighted by atomic mass is 79.9. The average molecular weight is 389 g/mol. The Labute approximate surface area is 127 Å². The SMILES string of the molecule is NNC(Cc1cc(Br)ccc1F)c1cncc(Br)c1. The minimum atomic E-state index is -0.244. The van der Waals surface area contributed by atoms with E-state index < -0.39 is 0 Å². The molecule has 3 N–H and O–H groups in total. The first-order valence-electron chi connectivity index (χ1n) is 5.60. The summed E-state index contributed by atoms with van der Waals surface area (Å²) in [7, 11) is 0. The fourth-order valence-electron chi connectivity index (χ4n) is 1.81. The van der Waals surface area contributed by atoms with Crippen molar-refractivity contribution in [3.8, 4) is 0 Å². The van der Waals surface area contributed by atoms with Crippen LogP contribution in [-0.2, 0) is 6.42 Å². The quantitative estimate of drug-likeness (QED) is 0.622. The maximum atomic E-state index is 13.7. The molecule has 1 atom stereocenters. The molecule has 0 saturated carbocycles. The third-order valence-corrected chi connectivity index (χ3v) is 3.69. The minimum Gasteiger partial charge on any atom is -0.271 e. The van der Waals surface area contributed by atoms with Gasteiger partial charge in [0.05, 0.1) is 6.04 Å². The van der Waals surface area contributed by atoms with Gasteiger partial charge >= 0.3 is 0 Å². The van der Waals surface area contributed by atoms with Gasteiger partial charge in [-0.15, -0.1) is 0 Å². The monoisotopic (exact) mass is 387 g/mol. The third-order valence-electron chi connectivity index (χ3n) is 2.76. The molecule has 1 aromatic heterocycles. The van der Waals surface area contributed by atoms with E-state index in [1.807, 2.05) is 6.07 Å². The molecule has 0 amide bonds. The number of aromatic nitrogens is 1. The molecule has 2 rings (SSSR count). The Bertz CT molecular complexity index is 578. The van der Waals surface area contributed by atoms with Gasteiger partial charge in [0.15, 0.2) is 0 Å². The number of hydrogen-bond donors (Lipinski definition) is 2. The molecule has 2 aromatic rings. The number of nitrogens with two attached hydrogens (primary N) is 1. The van der Waals surface area contributed by atoms with Crippen molar-refractivity contribution in [1.29, 1.82) is 0 Å². The van der Waals surface area contributed by atoms with Crippen molar-refractivity contribution in [3.63, 3.8) is 0 Å². The molecule has 0 bridgehead atoms. The molecule has 1 heterocycles. The number of pyridine rings is 1. The van der Waals surface area contributed by atoms with Crippen molar-refractivity contribution in [2.24, 2.45) is 5.84 Å². The molecule has 0 aliphatic heterocycles. The Balaban J connectivity index is 2.26. The third kappa shape index (κ3) is 3.82. The number of nitrogens with zero attached hydrogens (tertiary/aromatic N) is 1. The van der Waals surface area contributed by atoms with Crippen LogP contribution in [0, 0.1) is 5.82 Å². The van der Waals surface area contributed by atoms with Gasteiger partial charge < -0.3 is 0 Å². The molecule has 0 aliphatic carbocycles. The van der Waals surface area contributed by atoms with E-state index >= 15 is 0 Å². The molecule has 6 heteroatoms. The topological polar surface area (TPSA) is 50.9 Å². The van der Waals surface area contributed by atoms with Crippen LogP contribution in [0.1, 0.15) is 17.2 Å². The fraction of sp³-hybridized carbons (Fsp3) is 0.154. The minimum absolute atomic E-state index is 0.200. The lowest BCUT2D eigenvalue weighted by Gasteiger charge is -2.17. The van der Waals surface area contributed by atoms with Gasteiger partial charge in [-0.1, -0.05) is 15.9 Å². The summed E-state index contributed by atoms with van der Waals surface area (Å²) in [6.07, 6.45) is 3.85. The summed E-state index contributed by atoms with van der Waals surface area (Å²) in [5.74, 6) is 5.32. The molecule has 1 unspecified atom stereocenters. The zero-order valence-electron chi connectivity index (χ0n) is 9.91. The van der Waals surface area contributed by atoms with Gasteiger partial charge in [0.2, 0.25) is 0 Å². The average Bonchev–Trinajstić information content (AvgIpc) is 2.39. The second-order valence-electron chi connectivity index (χ2n) is 4.10. The van der Waals surface area contributed by atoms with Gasteiger partial charge in [0.1, 0.15) is 5.82 Å². The first-order valence-corrected chi connectivity index (χ1v) is 7.19. The van der Waals surface area contributed by atoms with Gasteiger partial charge in [-0.3, -0.25) is 16.3 Å². The van der Waals surface area contributed by atoms with E-state index in [2.05, 4.69) is 42.3 Å². The van der Waals surface area contributed by atoms with Crippen LogP contribution >= 0.6 is 31.9 Å². The van der Waals surface area contributed by atoms with E-state index in [4.69, 9.17) is 5.84 Å². The molecule has 0 radical (unpaired) electrons. The highest BCUT2D eigenvalue weighted by molar-refractivity contribution is 9.10. The largest absolute Gasteiger partial charge is 0.271 e. The number of nitrogens with one attached hydrogen (secondary N) is 1. The zero-order valence-corrected chi connectivity index (χ0v) is 13.1. The maximum Gasteiger partial charge on any atom is 0.126 e. The smallest absolute Gasteiger partial charge is 0.126 e. The molecular weight excluding hydrogens is 377 g/mol. The fourth-order valence-corrected chi connectivity index (χ4v) is 2.60. The number of halogens is 3. The van der Waals surface area contributed by atoms with Crippen LogP contribution < -0.4 is 11.3 Å². The Morgan fingerprint density at radius 1 is 1.21 bits per heavy atom. The zero-order chi connectivity index (χ0) is 13.8. The summed E-state index contributed by atoms with van der Waals surface area (Å²) in [5.41, 5.74) is 4.19. The molecular formula is C13H12Br2FN3. The molecule has 0 fully saturated rings. The summed E-state index contributed by atoms with van der Waals surface area (Å²) in [4.78, 5) is 4.09. The Kier molecular flexibility index (Phi) is 5.04. The summed E-state index contributed by atoms with van der Waals surface area (Å²) < 4.78 is 15.4. The van der Waals surface area contributed by atoms with Crippen LogP contribution in [0.15, 0.2) is 45.6 Å². The second kappa shape index (κ2) is 6.56. The highest BCUT2D eigenvalue weighted by Crippen LogP contribution is 2.23. The standard InChI is InChI=1S/C13H12Br2FN3/c14-10-1-2-12(16)8(3-10)5-13(19-17)9-4-11(15)7-18-6-9/h1-4,6-7,13,19H,5,17H2. The van der Waals surface area contributed by atoms with Gasteiger partial charge in [-0.05, 0) is 57.7 Å². The lowest BCUT2D eigenvalue weighted by molar-refractivity contribution is 0.527. The predicted octanol–water partition coefficient (Wildman–Crippen LogP) is 3.49. The number of hydrogen-bond acceptors (Lipinski definition) is 3. The van der Waals surface area contributed by atoms with Gasteiger partial charge in [-0.2, -0.15) is 0 Å². The van der Waals surface area contributed by atoms with Crippen LogP contribution in [-0.4, -0.2) is 4.98 Å². The Morgan fingerprint density at radius 3 is 2.68 bits per heavy atom. The first kappa shape index (κ1) is 14.6. The van der Waals surface area contributed by atoms with E-state index in [1.54, 1.807) is 24.5 Å². The lowest BCUT2D eigenvalue weighted by Crippen LogP contribution is -2.30. The van der Waals surface area contributed by atoms with Gasteiger partial charge in [0, 0.05) is 21.3 Å². The van der Waals surface area contributed by atoms with Crippen LogP contribution in [0.25, 0.3) is 0 Å². The molecule has 3 nitrogen and oxygen atoms in total. The first-order chi connectivity index (χ1) is 9.10. The summed E-state index contributed by atoms with van der Waals surface area (Å²) in [6, 6.07) is 6.57. The highest BCUT2D eigenvalue weighted by Gasteiger charge is 2.14. The van der Waals surface area contributed by atoms with Crippen LogP contribution in [0.5, 0.6) is 0 Å². The van der Waals surface area contributed by atoms with E-state index in [0.717, 1.165) is 14.5 Å². The van der Waals surface area contributed by atoms with E-state index in [1.165, 1.54) is 6.07 Å². The summed E-state index contributed by atoms with van der Waals surface area (Å²) >= 11 is 6.70. The van der Waals surface area contributed by atoms with Crippen LogP contribution in [0.4, 0.5) is 4.39 Å². The normalized spacial score (nSPS) is 12.4. The second-order valence-corrected chi connectivity index (χ2v) is 5.93. The van der Waals surface area contributed by atoms with Crippen molar-refractivity contribution in [2.45, 2.75) is 12.5 Å². The molecule has 1 aromatic carbocycles. The van der Waals surface area contributed by atoms with E-state index in [-0.39, 0.29) is 11.9 Å². The summed E-state index contributed by atoms with van der Waals surface area (Å²) in [6.45, 7) is 0. The van der Waals surface area contributed by atoms with Crippen molar-refractivity contribution in [2.75, 3.05) is 0 Å². The Hall–Kier alpha value is -0.820. The van der Waals surface area contributed by atoms with Crippen molar-refractivity contribution >= 4 is 31.9 Å². The van der Waals surface area contributed by atoms with E-state index in [9.17, 15) is 4.39 Å². The van der Waals surface area contributed by atoms with Crippen LogP contribution in [0.3, 0.4) is 0 Å². The lowest BCUT2D eigenvalue weighted by atomic mass is 10.0. The van der Waals surface area contributed by atoms with Crippen molar-refractivity contribution < 1.29 is 4.39 Å². The molecule has 0 aliphatic rings. The molecule has 19 heavy (non-hydrogen) atoms. The van der Waals surface area contributed by atoms with E-state index in [0.29, 0.717) is 12.0 Å². The summed E-state index contributed by atoms with van der Waals surface area (Å²) in [5, 5.41) is 0. The van der Waals surface area contributed by atoms with Crippen molar-refractivity contribution in [1.82, 2.24) is 10.4 Å². The Morgan fingerprint density at radius 2 is 2.00 bits per heavy atom. The maximum absolute atomic E-state index is 13.7. The number of hydrazine groups is 1. The molecule has 0 spiro atoms. The van der Waals surface area contributed by atoms with Crippen molar-refractivity contribution in [3.05, 3.63) is 62.5 Å². The molecule has 0 saturated heterocycles. The number of rotatable bonds is 4. The predicted molar refractivity (Wildman–Crippen MR) is 79.8 cm³/mol.